The molecule has 0 bridgehead atoms. The van der Waals surface area contributed by atoms with Crippen molar-refractivity contribution < 1.29 is 13.6 Å². The molecule has 0 heterocycles. The SMILES string of the molecule is CCOP(=O)(OCC)C(C)/C=C/[Si](C)(C)C. The van der Waals surface area contributed by atoms with E-state index in [0.717, 1.165) is 0 Å². The van der Waals surface area contributed by atoms with Crippen LogP contribution in [0, 0.1) is 0 Å². The van der Waals surface area contributed by atoms with Gasteiger partial charge in [-0.25, -0.2) is 0 Å². The van der Waals surface area contributed by atoms with Gasteiger partial charge in [0.2, 0.25) is 0 Å². The van der Waals surface area contributed by atoms with Crippen LogP contribution < -0.4 is 0 Å². The number of allylic oxidation sites excluding steroid dienone is 1. The monoisotopic (exact) mass is 264 g/mol. The molecule has 0 aromatic carbocycles. The molecule has 96 valence electrons. The fraction of sp³-hybridized carbons (Fsp3) is 0.818. The van der Waals surface area contributed by atoms with Crippen LogP contribution in [-0.2, 0) is 13.6 Å². The van der Waals surface area contributed by atoms with Crippen molar-refractivity contribution in [1.82, 2.24) is 0 Å². The highest BCUT2D eigenvalue weighted by molar-refractivity contribution is 7.54. The van der Waals surface area contributed by atoms with Crippen LogP contribution in [0.15, 0.2) is 11.8 Å². The molecule has 0 aliphatic heterocycles. The van der Waals surface area contributed by atoms with Gasteiger partial charge in [0, 0.05) is 0 Å². The van der Waals surface area contributed by atoms with Crippen molar-refractivity contribution >= 4 is 15.7 Å². The van der Waals surface area contributed by atoms with Crippen molar-refractivity contribution in [2.75, 3.05) is 13.2 Å². The standard InChI is InChI=1S/C11H25O3PSi/c1-7-13-15(12,14-8-2)11(3)9-10-16(4,5)6/h9-11H,7-8H2,1-6H3/b10-9+. The molecule has 0 rings (SSSR count). The van der Waals surface area contributed by atoms with E-state index in [9.17, 15) is 4.57 Å². The Kier molecular flexibility index (Phi) is 6.79. The second-order valence-corrected chi connectivity index (χ2v) is 12.3. The predicted molar refractivity (Wildman–Crippen MR) is 72.8 cm³/mol. The summed E-state index contributed by atoms with van der Waals surface area (Å²) >= 11 is 0. The van der Waals surface area contributed by atoms with Gasteiger partial charge in [-0.3, -0.25) is 4.57 Å². The van der Waals surface area contributed by atoms with Gasteiger partial charge < -0.3 is 9.05 Å². The second kappa shape index (κ2) is 6.75. The molecule has 1 unspecified atom stereocenters. The first-order valence-corrected chi connectivity index (χ1v) is 11.0. The summed E-state index contributed by atoms with van der Waals surface area (Å²) < 4.78 is 22.9. The van der Waals surface area contributed by atoms with E-state index >= 15 is 0 Å². The third kappa shape index (κ3) is 5.99. The molecule has 0 amide bonds. The molecule has 16 heavy (non-hydrogen) atoms. The first-order chi connectivity index (χ1) is 7.25. The summed E-state index contributed by atoms with van der Waals surface area (Å²) in [6.07, 6.45) is 1.98. The molecule has 0 saturated carbocycles. The molecule has 0 aromatic heterocycles. The zero-order chi connectivity index (χ0) is 12.8. The lowest BCUT2D eigenvalue weighted by atomic mass is 10.5. The van der Waals surface area contributed by atoms with Crippen LogP contribution in [0.5, 0.6) is 0 Å². The lowest BCUT2D eigenvalue weighted by Crippen LogP contribution is -2.17. The molecular weight excluding hydrogens is 239 g/mol. The van der Waals surface area contributed by atoms with Crippen molar-refractivity contribution in [3.8, 4) is 0 Å². The molecule has 0 aliphatic rings. The van der Waals surface area contributed by atoms with Gasteiger partial charge in [0.1, 0.15) is 0 Å². The van der Waals surface area contributed by atoms with Crippen molar-refractivity contribution in [2.45, 2.75) is 46.1 Å². The van der Waals surface area contributed by atoms with Gasteiger partial charge in [0.25, 0.3) is 0 Å². The normalized spacial score (nSPS) is 15.6. The van der Waals surface area contributed by atoms with Gasteiger partial charge >= 0.3 is 7.60 Å². The molecule has 0 spiro atoms. The maximum atomic E-state index is 12.3. The van der Waals surface area contributed by atoms with Gasteiger partial charge in [-0.05, 0) is 20.8 Å². The molecule has 1 atom stereocenters. The zero-order valence-electron chi connectivity index (χ0n) is 11.3. The summed E-state index contributed by atoms with van der Waals surface area (Å²) in [5.74, 6) is 0. The van der Waals surface area contributed by atoms with Gasteiger partial charge in [-0.2, -0.15) is 0 Å². The van der Waals surface area contributed by atoms with Crippen LogP contribution in [0.25, 0.3) is 0 Å². The van der Waals surface area contributed by atoms with E-state index in [1.807, 2.05) is 26.8 Å². The van der Waals surface area contributed by atoms with Gasteiger partial charge in [-0.15, -0.1) is 0 Å². The van der Waals surface area contributed by atoms with Crippen LogP contribution in [-0.4, -0.2) is 26.9 Å². The van der Waals surface area contributed by atoms with Crippen LogP contribution >= 0.6 is 7.60 Å². The molecule has 0 fully saturated rings. The summed E-state index contributed by atoms with van der Waals surface area (Å²) in [4.78, 5) is 0. The topological polar surface area (TPSA) is 35.5 Å². The molecular formula is C11H25O3PSi. The summed E-state index contributed by atoms with van der Waals surface area (Å²) in [6.45, 7) is 13.1. The van der Waals surface area contributed by atoms with Crippen LogP contribution in [0.1, 0.15) is 20.8 Å². The maximum Gasteiger partial charge on any atom is 0.337 e. The zero-order valence-corrected chi connectivity index (χ0v) is 13.2. The summed E-state index contributed by atoms with van der Waals surface area (Å²) in [5.41, 5.74) is 2.02. The first kappa shape index (κ1) is 16.1. The number of hydrogen-bond donors (Lipinski definition) is 0. The van der Waals surface area contributed by atoms with Gasteiger partial charge in [-0.1, -0.05) is 31.4 Å². The first-order valence-electron chi connectivity index (χ1n) is 5.83. The summed E-state index contributed by atoms with van der Waals surface area (Å²) in [6, 6.07) is 0. The smallest absolute Gasteiger partial charge is 0.308 e. The minimum Gasteiger partial charge on any atom is -0.308 e. The molecule has 0 saturated heterocycles. The third-order valence-electron chi connectivity index (χ3n) is 1.99. The van der Waals surface area contributed by atoms with E-state index in [2.05, 4.69) is 25.3 Å². The molecule has 0 aliphatic carbocycles. The molecule has 5 heteroatoms. The molecule has 0 aromatic rings. The van der Waals surface area contributed by atoms with Crippen LogP contribution in [0.2, 0.25) is 19.6 Å². The van der Waals surface area contributed by atoms with Crippen molar-refractivity contribution in [2.24, 2.45) is 0 Å². The Morgan fingerprint density at radius 2 is 1.62 bits per heavy atom. The number of rotatable bonds is 7. The van der Waals surface area contributed by atoms with E-state index in [0.29, 0.717) is 13.2 Å². The highest BCUT2D eigenvalue weighted by Gasteiger charge is 2.30. The summed E-state index contributed by atoms with van der Waals surface area (Å²) in [5, 5.41) is 0. The highest BCUT2D eigenvalue weighted by Crippen LogP contribution is 2.53. The molecule has 3 nitrogen and oxygen atoms in total. The maximum absolute atomic E-state index is 12.3. The Labute approximate surface area is 101 Å². The number of hydrogen-bond acceptors (Lipinski definition) is 3. The van der Waals surface area contributed by atoms with E-state index in [1.54, 1.807) is 0 Å². The Morgan fingerprint density at radius 3 is 1.94 bits per heavy atom. The van der Waals surface area contributed by atoms with Crippen LogP contribution in [0.4, 0.5) is 0 Å². The Balaban J connectivity index is 4.69. The lowest BCUT2D eigenvalue weighted by molar-refractivity contribution is 0.216. The molecule has 0 radical (unpaired) electrons. The fourth-order valence-corrected chi connectivity index (χ4v) is 3.76. The van der Waals surface area contributed by atoms with E-state index in [4.69, 9.17) is 9.05 Å². The second-order valence-electron chi connectivity index (χ2n) is 4.84. The fourth-order valence-electron chi connectivity index (χ4n) is 1.17. The van der Waals surface area contributed by atoms with E-state index in [1.165, 1.54) is 0 Å². The molecule has 0 N–H and O–H groups in total. The highest BCUT2D eigenvalue weighted by atomic mass is 31.2. The minimum atomic E-state index is -2.96. The van der Waals surface area contributed by atoms with Gasteiger partial charge in [0.05, 0.1) is 26.9 Å². The average Bonchev–Trinajstić information content (AvgIpc) is 2.13. The Bertz CT molecular complexity index is 261. The minimum absolute atomic E-state index is 0.167. The van der Waals surface area contributed by atoms with E-state index in [-0.39, 0.29) is 5.66 Å². The van der Waals surface area contributed by atoms with E-state index < -0.39 is 15.7 Å². The van der Waals surface area contributed by atoms with Crippen molar-refractivity contribution in [1.29, 1.82) is 0 Å². The van der Waals surface area contributed by atoms with Gasteiger partial charge in [0.15, 0.2) is 0 Å². The summed E-state index contributed by atoms with van der Waals surface area (Å²) in [7, 11) is -4.22. The van der Waals surface area contributed by atoms with Crippen molar-refractivity contribution in [3.63, 3.8) is 0 Å². The Morgan fingerprint density at radius 1 is 1.19 bits per heavy atom. The quantitative estimate of drug-likeness (QED) is 0.513. The average molecular weight is 264 g/mol. The Hall–Kier alpha value is 0.107. The largest absolute Gasteiger partial charge is 0.337 e. The third-order valence-corrected chi connectivity index (χ3v) is 5.59. The van der Waals surface area contributed by atoms with Crippen LogP contribution in [0.3, 0.4) is 0 Å². The van der Waals surface area contributed by atoms with Crippen molar-refractivity contribution in [3.05, 3.63) is 11.8 Å². The lowest BCUT2D eigenvalue weighted by Gasteiger charge is -2.21. The predicted octanol–water partition coefficient (Wildman–Crippen LogP) is 4.07.